The molecule has 3 aromatic rings. The molecule has 3 rings (SSSR count). The van der Waals surface area contributed by atoms with E-state index in [9.17, 15) is 4.39 Å². The summed E-state index contributed by atoms with van der Waals surface area (Å²) in [5.74, 6) is 0.871. The van der Waals surface area contributed by atoms with Gasteiger partial charge in [0.25, 0.3) is 0 Å². The highest BCUT2D eigenvalue weighted by atomic mass is 35.5. The van der Waals surface area contributed by atoms with Gasteiger partial charge in [0.05, 0.1) is 6.54 Å². The van der Waals surface area contributed by atoms with Crippen molar-refractivity contribution in [1.29, 1.82) is 0 Å². The standard InChI is InChI=1S/C20H20ClFN2O/c1-13(2)20(15-5-9-17(22)10-6-15)23-12-18-11-19(24-25-18)14-3-7-16(21)8-4-14/h3-11,13,20,23H,12H2,1-2H3. The van der Waals surface area contributed by atoms with E-state index in [0.29, 0.717) is 17.5 Å². The first-order valence-corrected chi connectivity index (χ1v) is 8.61. The zero-order chi connectivity index (χ0) is 17.8. The van der Waals surface area contributed by atoms with Crippen LogP contribution in [0.2, 0.25) is 5.02 Å². The summed E-state index contributed by atoms with van der Waals surface area (Å²) in [5.41, 5.74) is 2.78. The van der Waals surface area contributed by atoms with Crippen LogP contribution in [0.4, 0.5) is 4.39 Å². The second kappa shape index (κ2) is 7.81. The summed E-state index contributed by atoms with van der Waals surface area (Å²) in [6, 6.07) is 16.1. The molecule has 3 nitrogen and oxygen atoms in total. The fourth-order valence-electron chi connectivity index (χ4n) is 2.77. The summed E-state index contributed by atoms with van der Waals surface area (Å²) >= 11 is 5.91. The summed E-state index contributed by atoms with van der Waals surface area (Å²) in [7, 11) is 0. The summed E-state index contributed by atoms with van der Waals surface area (Å²) in [5, 5.41) is 8.27. The topological polar surface area (TPSA) is 38.1 Å². The second-order valence-corrected chi connectivity index (χ2v) is 6.78. The molecule has 0 spiro atoms. The lowest BCUT2D eigenvalue weighted by Crippen LogP contribution is -2.25. The predicted molar refractivity (Wildman–Crippen MR) is 97.8 cm³/mol. The lowest BCUT2D eigenvalue weighted by Gasteiger charge is -2.22. The average Bonchev–Trinajstić information content (AvgIpc) is 3.06. The van der Waals surface area contributed by atoms with Crippen LogP contribution in [0.1, 0.15) is 31.2 Å². The smallest absolute Gasteiger partial charge is 0.151 e. The number of halogens is 2. The zero-order valence-electron chi connectivity index (χ0n) is 14.2. The highest BCUT2D eigenvalue weighted by molar-refractivity contribution is 6.30. The molecule has 0 aliphatic rings. The minimum absolute atomic E-state index is 0.102. The van der Waals surface area contributed by atoms with Crippen molar-refractivity contribution in [3.63, 3.8) is 0 Å². The average molecular weight is 359 g/mol. The van der Waals surface area contributed by atoms with Crippen molar-refractivity contribution in [2.24, 2.45) is 5.92 Å². The third kappa shape index (κ3) is 4.47. The first-order valence-electron chi connectivity index (χ1n) is 8.23. The van der Waals surface area contributed by atoms with Crippen molar-refractivity contribution >= 4 is 11.6 Å². The molecule has 1 unspecified atom stereocenters. The van der Waals surface area contributed by atoms with Gasteiger partial charge in [0, 0.05) is 22.7 Å². The maximum atomic E-state index is 13.1. The number of hydrogen-bond donors (Lipinski definition) is 1. The third-order valence-corrected chi connectivity index (χ3v) is 4.34. The van der Waals surface area contributed by atoms with Crippen LogP contribution in [0.5, 0.6) is 0 Å². The minimum atomic E-state index is -0.228. The van der Waals surface area contributed by atoms with Crippen molar-refractivity contribution in [3.05, 3.63) is 76.8 Å². The third-order valence-electron chi connectivity index (χ3n) is 4.09. The van der Waals surface area contributed by atoms with Crippen LogP contribution in [0.25, 0.3) is 11.3 Å². The molecule has 1 N–H and O–H groups in total. The summed E-state index contributed by atoms with van der Waals surface area (Å²) < 4.78 is 18.6. The van der Waals surface area contributed by atoms with Crippen molar-refractivity contribution < 1.29 is 8.91 Å². The maximum Gasteiger partial charge on any atom is 0.151 e. The highest BCUT2D eigenvalue weighted by Crippen LogP contribution is 2.24. The molecule has 0 fully saturated rings. The van der Waals surface area contributed by atoms with Crippen molar-refractivity contribution in [2.75, 3.05) is 0 Å². The van der Waals surface area contributed by atoms with E-state index >= 15 is 0 Å². The molecule has 0 saturated carbocycles. The molecule has 0 aliphatic heterocycles. The highest BCUT2D eigenvalue weighted by Gasteiger charge is 2.16. The molecule has 1 atom stereocenters. The molecular formula is C20H20ClFN2O. The van der Waals surface area contributed by atoms with Crippen molar-refractivity contribution in [3.8, 4) is 11.3 Å². The molecule has 1 aromatic heterocycles. The van der Waals surface area contributed by atoms with Crippen molar-refractivity contribution in [2.45, 2.75) is 26.4 Å². The van der Waals surface area contributed by atoms with Crippen LogP contribution in [-0.2, 0) is 6.54 Å². The van der Waals surface area contributed by atoms with Gasteiger partial charge in [-0.25, -0.2) is 4.39 Å². The van der Waals surface area contributed by atoms with Crippen LogP contribution in [-0.4, -0.2) is 5.16 Å². The number of nitrogens with zero attached hydrogens (tertiary/aromatic N) is 1. The number of hydrogen-bond acceptors (Lipinski definition) is 3. The first kappa shape index (κ1) is 17.6. The van der Waals surface area contributed by atoms with Gasteiger partial charge in [-0.15, -0.1) is 0 Å². The lowest BCUT2D eigenvalue weighted by molar-refractivity contribution is 0.344. The number of nitrogens with one attached hydrogen (secondary N) is 1. The Balaban J connectivity index is 1.69. The van der Waals surface area contributed by atoms with E-state index in [2.05, 4.69) is 24.3 Å². The SMILES string of the molecule is CC(C)C(NCc1cc(-c2ccc(Cl)cc2)no1)c1ccc(F)cc1. The lowest BCUT2D eigenvalue weighted by atomic mass is 9.96. The largest absolute Gasteiger partial charge is 0.359 e. The summed E-state index contributed by atoms with van der Waals surface area (Å²) in [6.07, 6.45) is 0. The summed E-state index contributed by atoms with van der Waals surface area (Å²) in [6.45, 7) is 4.79. The molecule has 0 bridgehead atoms. The second-order valence-electron chi connectivity index (χ2n) is 6.34. The Morgan fingerprint density at radius 1 is 1.08 bits per heavy atom. The van der Waals surface area contributed by atoms with Crippen LogP contribution >= 0.6 is 11.6 Å². The van der Waals surface area contributed by atoms with Gasteiger partial charge < -0.3 is 9.84 Å². The van der Waals surface area contributed by atoms with E-state index in [1.165, 1.54) is 12.1 Å². The minimum Gasteiger partial charge on any atom is -0.359 e. The Labute approximate surface area is 151 Å². The predicted octanol–water partition coefficient (Wildman–Crippen LogP) is 5.62. The van der Waals surface area contributed by atoms with Gasteiger partial charge in [-0.1, -0.05) is 54.9 Å². The Morgan fingerprint density at radius 3 is 2.40 bits per heavy atom. The number of rotatable bonds is 6. The van der Waals surface area contributed by atoms with E-state index in [-0.39, 0.29) is 11.9 Å². The fraction of sp³-hybridized carbons (Fsp3) is 0.250. The molecular weight excluding hydrogens is 339 g/mol. The van der Waals surface area contributed by atoms with Crippen molar-refractivity contribution in [1.82, 2.24) is 10.5 Å². The molecule has 1 heterocycles. The van der Waals surface area contributed by atoms with Gasteiger partial charge in [0.15, 0.2) is 5.76 Å². The maximum absolute atomic E-state index is 13.1. The molecule has 0 amide bonds. The molecule has 2 aromatic carbocycles. The van der Waals surface area contributed by atoms with Gasteiger partial charge >= 0.3 is 0 Å². The quantitative estimate of drug-likeness (QED) is 0.621. The van der Waals surface area contributed by atoms with Gasteiger partial charge in [0.2, 0.25) is 0 Å². The Hall–Kier alpha value is -2.17. The van der Waals surface area contributed by atoms with Gasteiger partial charge in [0.1, 0.15) is 11.5 Å². The van der Waals surface area contributed by atoms with Crippen LogP contribution in [0, 0.1) is 11.7 Å². The molecule has 5 heteroatoms. The Bertz CT molecular complexity index is 812. The van der Waals surface area contributed by atoms with Crippen LogP contribution < -0.4 is 5.32 Å². The van der Waals surface area contributed by atoms with Crippen LogP contribution in [0.3, 0.4) is 0 Å². The first-order chi connectivity index (χ1) is 12.0. The molecule has 130 valence electrons. The van der Waals surface area contributed by atoms with Crippen LogP contribution in [0.15, 0.2) is 59.1 Å². The number of benzene rings is 2. The van der Waals surface area contributed by atoms with E-state index < -0.39 is 0 Å². The Kier molecular flexibility index (Phi) is 5.51. The van der Waals surface area contributed by atoms with E-state index in [4.69, 9.17) is 16.1 Å². The normalized spacial score (nSPS) is 12.5. The molecule has 0 aliphatic carbocycles. The Morgan fingerprint density at radius 2 is 1.76 bits per heavy atom. The van der Waals surface area contributed by atoms with Gasteiger partial charge in [-0.2, -0.15) is 0 Å². The monoisotopic (exact) mass is 358 g/mol. The molecule has 25 heavy (non-hydrogen) atoms. The van der Waals surface area contributed by atoms with Gasteiger partial charge in [-0.05, 0) is 35.7 Å². The van der Waals surface area contributed by atoms with E-state index in [1.54, 1.807) is 0 Å². The van der Waals surface area contributed by atoms with E-state index in [1.807, 2.05) is 42.5 Å². The van der Waals surface area contributed by atoms with E-state index in [0.717, 1.165) is 22.6 Å². The van der Waals surface area contributed by atoms with Gasteiger partial charge in [-0.3, -0.25) is 0 Å². The number of aromatic nitrogens is 1. The zero-order valence-corrected chi connectivity index (χ0v) is 14.9. The summed E-state index contributed by atoms with van der Waals surface area (Å²) in [4.78, 5) is 0. The fourth-order valence-corrected chi connectivity index (χ4v) is 2.90. The molecule has 0 radical (unpaired) electrons. The molecule has 0 saturated heterocycles.